The van der Waals surface area contributed by atoms with Gasteiger partial charge in [0.2, 0.25) is 11.8 Å². The molecule has 7 rings (SSSR count). The van der Waals surface area contributed by atoms with E-state index >= 15 is 0 Å². The highest BCUT2D eigenvalue weighted by atomic mass is 127. The summed E-state index contributed by atoms with van der Waals surface area (Å²) in [5.41, 5.74) is 0.779. The van der Waals surface area contributed by atoms with Crippen LogP contribution in [0.4, 0.5) is 0 Å². The number of aliphatic hydroxyl groups is 2. The van der Waals surface area contributed by atoms with Crippen LogP contribution in [0.2, 0.25) is 0 Å². The van der Waals surface area contributed by atoms with Gasteiger partial charge in [0.05, 0.1) is 29.4 Å². The van der Waals surface area contributed by atoms with Gasteiger partial charge in [0.1, 0.15) is 25.1 Å². The number of hydrogen-bond donors (Lipinski definition) is 3. The van der Waals surface area contributed by atoms with Crippen molar-refractivity contribution in [2.75, 3.05) is 33.4 Å². The number of halogens is 1. The van der Waals surface area contributed by atoms with Gasteiger partial charge in [0, 0.05) is 30.6 Å². The Bertz CT molecular complexity index is 1430. The molecule has 3 N–H and O–H groups in total. The van der Waals surface area contributed by atoms with Crippen LogP contribution < -0.4 is 14.8 Å². The van der Waals surface area contributed by atoms with Crippen molar-refractivity contribution in [2.45, 2.75) is 109 Å². The third-order valence-corrected chi connectivity index (χ3v) is 13.4. The average molecular weight is 821 g/mol. The predicted octanol–water partition coefficient (Wildman–Crippen LogP) is 5.55. The summed E-state index contributed by atoms with van der Waals surface area (Å²) in [6.45, 7) is 7.02. The third-order valence-electron chi connectivity index (χ3n) is 12.6. The van der Waals surface area contributed by atoms with Crippen LogP contribution in [0.25, 0.3) is 0 Å². The summed E-state index contributed by atoms with van der Waals surface area (Å²) in [7, 11) is 1.49. The first-order valence-electron chi connectivity index (χ1n) is 19.1. The van der Waals surface area contributed by atoms with Crippen LogP contribution in [-0.4, -0.2) is 91.0 Å². The predicted molar refractivity (Wildman–Crippen MR) is 202 cm³/mol. The molecule has 1 aromatic carbocycles. The average Bonchev–Trinajstić information content (AvgIpc) is 3.09. The molecule has 4 bridgehead atoms. The molecule has 0 unspecified atom stereocenters. The van der Waals surface area contributed by atoms with Gasteiger partial charge in [-0.05, 0) is 133 Å². The summed E-state index contributed by atoms with van der Waals surface area (Å²) in [4.78, 5) is 41.7. The second-order valence-electron chi connectivity index (χ2n) is 16.8. The Morgan fingerprint density at radius 1 is 1.10 bits per heavy atom. The maximum absolute atomic E-state index is 14.7. The number of amides is 2. The minimum atomic E-state index is -1.17. The highest BCUT2D eigenvalue weighted by molar-refractivity contribution is 14.1. The second kappa shape index (κ2) is 16.4. The molecule has 6 aliphatic rings. The Kier molecular flexibility index (Phi) is 12.4. The zero-order chi connectivity index (χ0) is 36.4. The van der Waals surface area contributed by atoms with Crippen molar-refractivity contribution < 1.29 is 38.8 Å². The van der Waals surface area contributed by atoms with Crippen molar-refractivity contribution in [3.63, 3.8) is 0 Å². The van der Waals surface area contributed by atoms with Gasteiger partial charge in [-0.3, -0.25) is 14.4 Å². The Hall–Kier alpha value is -2.22. The lowest BCUT2D eigenvalue weighted by atomic mass is 9.49. The quantitative estimate of drug-likeness (QED) is 0.165. The number of aliphatic hydroxyl groups excluding tert-OH is 2. The van der Waals surface area contributed by atoms with Crippen molar-refractivity contribution >= 4 is 40.7 Å². The van der Waals surface area contributed by atoms with E-state index in [0.29, 0.717) is 68.3 Å². The molecule has 6 atom stereocenters. The maximum Gasteiger partial charge on any atom is 0.248 e. The number of hydrogen-bond acceptors (Lipinski definition) is 8. The van der Waals surface area contributed by atoms with E-state index in [9.17, 15) is 24.6 Å². The van der Waals surface area contributed by atoms with Crippen LogP contribution >= 0.6 is 22.6 Å². The van der Waals surface area contributed by atoms with E-state index in [1.165, 1.54) is 32.8 Å². The Morgan fingerprint density at radius 3 is 2.39 bits per heavy atom. The first kappa shape index (κ1) is 38.5. The maximum atomic E-state index is 14.7. The summed E-state index contributed by atoms with van der Waals surface area (Å²) < 4.78 is 19.3. The summed E-state index contributed by atoms with van der Waals surface area (Å²) >= 11 is 2.07. The number of nitrogens with one attached hydrogen (secondary N) is 1. The molecule has 5 saturated carbocycles. The standard InChI is InChI=1S/C40H57IN2O8/c1-23(2)30-6-5-24(3)9-33(30)50-21-36(46)43(22-40-17-25-10-26(18-40)12-27(11-25)19-40)32-15-29(39(48)42-7-8-44)16-34(37(32)47)51-38-31(41)13-28(20-45)14-35(38)49-4/h13-14,16,20,23-27,30,32-34,37,44,47H,5-12,15,17-19,21-22H2,1-4H3,(H,42,48)/t24-,25?,26?,27?,30+,32+,33-,34-,37-,40?/m0/s1. The summed E-state index contributed by atoms with van der Waals surface area (Å²) in [6.07, 6.45) is 10.6. The molecule has 0 spiro atoms. The Morgan fingerprint density at radius 2 is 1.78 bits per heavy atom. The lowest BCUT2D eigenvalue weighted by Crippen LogP contribution is -2.60. The molecule has 282 valence electrons. The van der Waals surface area contributed by atoms with Crippen LogP contribution in [0.5, 0.6) is 11.5 Å². The van der Waals surface area contributed by atoms with E-state index in [1.807, 2.05) is 4.90 Å². The largest absolute Gasteiger partial charge is 0.493 e. The molecule has 0 radical (unpaired) electrons. The summed E-state index contributed by atoms with van der Waals surface area (Å²) in [5.74, 6) is 3.54. The van der Waals surface area contributed by atoms with E-state index < -0.39 is 18.2 Å². The third kappa shape index (κ3) is 8.62. The van der Waals surface area contributed by atoms with Crippen molar-refractivity contribution in [2.24, 2.45) is 40.9 Å². The molecular formula is C40H57IN2O8. The van der Waals surface area contributed by atoms with Gasteiger partial charge in [0.25, 0.3) is 0 Å². The van der Waals surface area contributed by atoms with E-state index in [0.717, 1.165) is 38.4 Å². The van der Waals surface area contributed by atoms with Gasteiger partial charge in [-0.2, -0.15) is 0 Å². The van der Waals surface area contributed by atoms with Gasteiger partial charge in [-0.15, -0.1) is 0 Å². The molecule has 2 amide bonds. The monoisotopic (exact) mass is 820 g/mol. The fourth-order valence-electron chi connectivity index (χ4n) is 10.6. The summed E-state index contributed by atoms with van der Waals surface area (Å²) in [5, 5.41) is 24.5. The Labute approximate surface area is 316 Å². The lowest BCUT2D eigenvalue weighted by molar-refractivity contribution is -0.156. The molecule has 0 aliphatic heterocycles. The number of ether oxygens (including phenoxy) is 3. The highest BCUT2D eigenvalue weighted by Gasteiger charge is 2.53. The van der Waals surface area contributed by atoms with Crippen molar-refractivity contribution in [1.29, 1.82) is 0 Å². The second-order valence-corrected chi connectivity index (χ2v) is 17.9. The molecule has 0 saturated heterocycles. The molecule has 5 fully saturated rings. The van der Waals surface area contributed by atoms with Gasteiger partial charge >= 0.3 is 0 Å². The number of aldehydes is 1. The van der Waals surface area contributed by atoms with Crippen molar-refractivity contribution in [3.05, 3.63) is 32.9 Å². The van der Waals surface area contributed by atoms with E-state index in [1.54, 1.807) is 18.2 Å². The number of rotatable bonds is 14. The molecular weight excluding hydrogens is 763 g/mol. The first-order valence-corrected chi connectivity index (χ1v) is 20.2. The number of benzene rings is 1. The van der Waals surface area contributed by atoms with Gasteiger partial charge in [-0.1, -0.05) is 27.2 Å². The number of carbonyl (C=O) groups is 3. The normalized spacial score (nSPS) is 34.2. The zero-order valence-electron chi connectivity index (χ0n) is 30.7. The zero-order valence-corrected chi connectivity index (χ0v) is 32.8. The smallest absolute Gasteiger partial charge is 0.248 e. The fraction of sp³-hybridized carbons (Fsp3) is 0.725. The van der Waals surface area contributed by atoms with Gasteiger partial charge in [-0.25, -0.2) is 0 Å². The topological polar surface area (TPSA) is 135 Å². The number of methoxy groups -OCH3 is 1. The molecule has 10 nitrogen and oxygen atoms in total. The molecule has 11 heteroatoms. The molecule has 6 aliphatic carbocycles. The SMILES string of the molecule is COc1cc(C=O)cc(I)c1O[C@H]1C=C(C(=O)NCCO)C[C@@H](N(CC23CC4CC(CC(C4)C2)C3)C(=O)CO[C@H]2C[C@@H](C)CC[C@@H]2C(C)C)[C@@H]1O. The molecule has 0 aromatic heterocycles. The van der Waals surface area contributed by atoms with Crippen LogP contribution in [0, 0.1) is 44.5 Å². The number of carbonyl (C=O) groups excluding carboxylic acids is 3. The minimum Gasteiger partial charge on any atom is -0.493 e. The van der Waals surface area contributed by atoms with Crippen LogP contribution in [0.3, 0.4) is 0 Å². The fourth-order valence-corrected chi connectivity index (χ4v) is 11.4. The minimum absolute atomic E-state index is 0.00458. The van der Waals surface area contributed by atoms with Crippen molar-refractivity contribution in [3.8, 4) is 11.5 Å². The molecule has 51 heavy (non-hydrogen) atoms. The van der Waals surface area contributed by atoms with E-state index in [-0.39, 0.29) is 49.5 Å². The van der Waals surface area contributed by atoms with Crippen LogP contribution in [0.1, 0.15) is 95.3 Å². The van der Waals surface area contributed by atoms with Gasteiger partial charge in [0.15, 0.2) is 11.5 Å². The lowest BCUT2D eigenvalue weighted by Gasteiger charge is -2.58. The van der Waals surface area contributed by atoms with Crippen LogP contribution in [0.15, 0.2) is 23.8 Å². The molecule has 1 aromatic rings. The van der Waals surface area contributed by atoms with Crippen LogP contribution in [-0.2, 0) is 14.3 Å². The Balaban J connectivity index is 1.33. The highest BCUT2D eigenvalue weighted by Crippen LogP contribution is 2.60. The summed E-state index contributed by atoms with van der Waals surface area (Å²) in [6, 6.07) is 2.50. The van der Waals surface area contributed by atoms with E-state index in [4.69, 9.17) is 14.2 Å². The van der Waals surface area contributed by atoms with Gasteiger partial charge < -0.3 is 34.6 Å². The molecule has 0 heterocycles. The number of nitrogens with zero attached hydrogens (tertiary/aromatic N) is 1. The first-order chi connectivity index (χ1) is 24.4. The van der Waals surface area contributed by atoms with E-state index in [2.05, 4.69) is 48.7 Å². The van der Waals surface area contributed by atoms with Crippen molar-refractivity contribution in [1.82, 2.24) is 10.2 Å².